The normalized spacial score (nSPS) is 14.0. The first-order valence-corrected chi connectivity index (χ1v) is 7.06. The number of rotatable bonds is 12. The van der Waals surface area contributed by atoms with Gasteiger partial charge in [-0.3, -0.25) is 9.59 Å². The molecular formula is C14H26O5. The van der Waals surface area contributed by atoms with Gasteiger partial charge in [0.2, 0.25) is 0 Å². The van der Waals surface area contributed by atoms with Crippen molar-refractivity contribution in [1.82, 2.24) is 0 Å². The molecule has 0 aliphatic rings. The fourth-order valence-corrected chi connectivity index (χ4v) is 1.81. The molecule has 0 spiro atoms. The topological polar surface area (TPSA) is 83.8 Å². The van der Waals surface area contributed by atoms with E-state index in [1.807, 2.05) is 13.8 Å². The van der Waals surface area contributed by atoms with E-state index in [9.17, 15) is 9.59 Å². The van der Waals surface area contributed by atoms with Gasteiger partial charge in [0.25, 0.3) is 0 Å². The zero-order chi connectivity index (χ0) is 14.7. The van der Waals surface area contributed by atoms with Crippen LogP contribution in [0.4, 0.5) is 0 Å². The highest BCUT2D eigenvalue weighted by molar-refractivity contribution is 5.70. The second-order valence-electron chi connectivity index (χ2n) is 4.89. The van der Waals surface area contributed by atoms with Crippen molar-refractivity contribution < 1.29 is 24.5 Å². The maximum absolute atomic E-state index is 11.0. The highest BCUT2D eigenvalue weighted by Crippen LogP contribution is 2.13. The largest absolute Gasteiger partial charge is 0.481 e. The molecule has 0 aliphatic carbocycles. The molecule has 2 N–H and O–H groups in total. The molecule has 0 aliphatic heterocycles. The number of aliphatic carboxylic acids is 2. The lowest BCUT2D eigenvalue weighted by atomic mass is 10.0. The van der Waals surface area contributed by atoms with Crippen LogP contribution in [0.25, 0.3) is 0 Å². The summed E-state index contributed by atoms with van der Waals surface area (Å²) in [7, 11) is 0. The minimum atomic E-state index is -0.867. The third-order valence-corrected chi connectivity index (χ3v) is 3.15. The third-order valence-electron chi connectivity index (χ3n) is 3.15. The van der Waals surface area contributed by atoms with Crippen LogP contribution in [-0.4, -0.2) is 35.4 Å². The molecule has 5 nitrogen and oxygen atoms in total. The van der Waals surface area contributed by atoms with Crippen molar-refractivity contribution in [2.75, 3.05) is 13.2 Å². The summed E-state index contributed by atoms with van der Waals surface area (Å²) in [6.07, 6.45) is 4.74. The smallest absolute Gasteiger partial charge is 0.308 e. The molecule has 5 heteroatoms. The number of unbranched alkanes of at least 4 members (excludes halogenated alkanes) is 2. The van der Waals surface area contributed by atoms with Crippen molar-refractivity contribution >= 4 is 11.9 Å². The first kappa shape index (κ1) is 17.9. The second kappa shape index (κ2) is 10.8. The van der Waals surface area contributed by atoms with Gasteiger partial charge in [-0.25, -0.2) is 0 Å². The van der Waals surface area contributed by atoms with Crippen molar-refractivity contribution in [1.29, 1.82) is 0 Å². The summed E-state index contributed by atoms with van der Waals surface area (Å²) >= 11 is 0. The maximum atomic E-state index is 11.0. The summed E-state index contributed by atoms with van der Waals surface area (Å²) in [5.41, 5.74) is 0. The van der Waals surface area contributed by atoms with Gasteiger partial charge in [0.05, 0.1) is 25.0 Å². The summed E-state index contributed by atoms with van der Waals surface area (Å²) < 4.78 is 5.31. The molecule has 0 rings (SSSR count). The predicted molar refractivity (Wildman–Crippen MR) is 72.1 cm³/mol. The van der Waals surface area contributed by atoms with Gasteiger partial charge in [-0.2, -0.15) is 0 Å². The van der Waals surface area contributed by atoms with Gasteiger partial charge in [0.1, 0.15) is 0 Å². The number of carboxylic acid groups (broad SMARTS) is 2. The van der Waals surface area contributed by atoms with Gasteiger partial charge >= 0.3 is 11.9 Å². The average Bonchev–Trinajstić information content (AvgIpc) is 2.36. The molecule has 0 saturated heterocycles. The molecule has 0 fully saturated rings. The van der Waals surface area contributed by atoms with Crippen LogP contribution in [0.3, 0.4) is 0 Å². The number of carboxylic acids is 2. The first-order chi connectivity index (χ1) is 9.02. The lowest BCUT2D eigenvalue weighted by molar-refractivity contribution is -0.146. The second-order valence-corrected chi connectivity index (χ2v) is 4.89. The molecular weight excluding hydrogens is 248 g/mol. The Balaban J connectivity index is 4.05. The van der Waals surface area contributed by atoms with Crippen LogP contribution >= 0.6 is 0 Å². The van der Waals surface area contributed by atoms with Crippen LogP contribution in [-0.2, 0) is 14.3 Å². The fraction of sp³-hybridized carbons (Fsp3) is 0.857. The summed E-state index contributed by atoms with van der Waals surface area (Å²) in [6.45, 7) is 4.21. The van der Waals surface area contributed by atoms with Gasteiger partial charge in [-0.05, 0) is 12.8 Å². The zero-order valence-electron chi connectivity index (χ0n) is 11.9. The fourth-order valence-electron chi connectivity index (χ4n) is 1.81. The van der Waals surface area contributed by atoms with Crippen molar-refractivity contribution in [2.24, 2.45) is 11.8 Å². The molecule has 112 valence electrons. The number of hydrogen-bond donors (Lipinski definition) is 2. The summed E-state index contributed by atoms with van der Waals surface area (Å²) in [5, 5.41) is 18.0. The van der Waals surface area contributed by atoms with Gasteiger partial charge in [-0.1, -0.05) is 39.5 Å². The monoisotopic (exact) mass is 274 g/mol. The summed E-state index contributed by atoms with van der Waals surface area (Å²) in [5.74, 6) is -2.79. The SMILES string of the molecule is CCCCC(COCC(CCCC)C(=O)O)C(=O)O. The van der Waals surface area contributed by atoms with Crippen LogP contribution < -0.4 is 0 Å². The Labute approximate surface area is 115 Å². The Morgan fingerprint density at radius 1 is 0.895 bits per heavy atom. The van der Waals surface area contributed by atoms with Crippen LogP contribution in [0.15, 0.2) is 0 Å². The molecule has 2 unspecified atom stereocenters. The van der Waals surface area contributed by atoms with Crippen LogP contribution in [0.2, 0.25) is 0 Å². The van der Waals surface area contributed by atoms with Crippen LogP contribution in [0.1, 0.15) is 52.4 Å². The van der Waals surface area contributed by atoms with E-state index in [2.05, 4.69) is 0 Å². The van der Waals surface area contributed by atoms with E-state index >= 15 is 0 Å². The molecule has 2 atom stereocenters. The standard InChI is InChI=1S/C14H26O5/c1-3-5-7-11(13(15)16)9-19-10-12(14(17)18)8-6-4-2/h11-12H,3-10H2,1-2H3,(H,15,16)(H,17,18). The van der Waals surface area contributed by atoms with E-state index in [-0.39, 0.29) is 13.2 Å². The summed E-state index contributed by atoms with van der Waals surface area (Å²) in [4.78, 5) is 22.0. The molecule has 0 radical (unpaired) electrons. The van der Waals surface area contributed by atoms with Gasteiger partial charge in [0.15, 0.2) is 0 Å². The van der Waals surface area contributed by atoms with E-state index in [0.29, 0.717) is 12.8 Å². The lowest BCUT2D eigenvalue weighted by Gasteiger charge is -2.15. The Morgan fingerprint density at radius 3 is 1.53 bits per heavy atom. The molecule has 0 aromatic carbocycles. The molecule has 0 bridgehead atoms. The molecule has 19 heavy (non-hydrogen) atoms. The van der Waals surface area contributed by atoms with Gasteiger partial charge < -0.3 is 14.9 Å². The zero-order valence-corrected chi connectivity index (χ0v) is 11.9. The number of carbonyl (C=O) groups is 2. The third kappa shape index (κ3) is 8.59. The minimum absolute atomic E-state index is 0.102. The Kier molecular flexibility index (Phi) is 10.2. The van der Waals surface area contributed by atoms with Crippen molar-refractivity contribution in [2.45, 2.75) is 52.4 Å². The molecule has 0 heterocycles. The van der Waals surface area contributed by atoms with Crippen molar-refractivity contribution in [3.8, 4) is 0 Å². The highest BCUT2D eigenvalue weighted by Gasteiger charge is 2.20. The Hall–Kier alpha value is -1.10. The summed E-state index contributed by atoms with van der Waals surface area (Å²) in [6, 6.07) is 0. The van der Waals surface area contributed by atoms with Gasteiger partial charge in [-0.15, -0.1) is 0 Å². The Bertz CT molecular complexity index is 239. The highest BCUT2D eigenvalue weighted by atomic mass is 16.5. The predicted octanol–water partition coefficient (Wildman–Crippen LogP) is 2.79. The Morgan fingerprint density at radius 2 is 1.26 bits per heavy atom. The minimum Gasteiger partial charge on any atom is -0.481 e. The van der Waals surface area contributed by atoms with E-state index in [0.717, 1.165) is 25.7 Å². The van der Waals surface area contributed by atoms with E-state index < -0.39 is 23.8 Å². The van der Waals surface area contributed by atoms with Crippen molar-refractivity contribution in [3.63, 3.8) is 0 Å². The van der Waals surface area contributed by atoms with E-state index in [4.69, 9.17) is 14.9 Å². The van der Waals surface area contributed by atoms with E-state index in [1.54, 1.807) is 0 Å². The first-order valence-electron chi connectivity index (χ1n) is 7.06. The maximum Gasteiger partial charge on any atom is 0.308 e. The average molecular weight is 274 g/mol. The van der Waals surface area contributed by atoms with Gasteiger partial charge in [0, 0.05) is 0 Å². The van der Waals surface area contributed by atoms with Crippen LogP contribution in [0, 0.1) is 11.8 Å². The number of hydrogen-bond acceptors (Lipinski definition) is 3. The molecule has 0 aromatic heterocycles. The number of ether oxygens (including phenoxy) is 1. The molecule has 0 amide bonds. The van der Waals surface area contributed by atoms with Crippen molar-refractivity contribution in [3.05, 3.63) is 0 Å². The van der Waals surface area contributed by atoms with Crippen LogP contribution in [0.5, 0.6) is 0 Å². The molecule has 0 aromatic rings. The lowest BCUT2D eigenvalue weighted by Crippen LogP contribution is -2.25. The quantitative estimate of drug-likeness (QED) is 0.571. The molecule has 0 saturated carbocycles. The van der Waals surface area contributed by atoms with E-state index in [1.165, 1.54) is 0 Å².